The van der Waals surface area contributed by atoms with Gasteiger partial charge in [-0.25, -0.2) is 4.98 Å². The molecule has 1 atom stereocenters. The summed E-state index contributed by atoms with van der Waals surface area (Å²) in [6.45, 7) is 1.02. The Balaban J connectivity index is 1.74. The highest BCUT2D eigenvalue weighted by molar-refractivity contribution is 5.67. The molecule has 4 rings (SSSR count). The molecule has 1 aromatic carbocycles. The lowest BCUT2D eigenvalue weighted by Gasteiger charge is -2.14. The van der Waals surface area contributed by atoms with Crippen molar-refractivity contribution in [3.8, 4) is 11.1 Å². The predicted molar refractivity (Wildman–Crippen MR) is 77.3 cm³/mol. The topological polar surface area (TPSA) is 35.6 Å². The van der Waals surface area contributed by atoms with Gasteiger partial charge in [0.1, 0.15) is 5.82 Å². The number of aromatic nitrogens is 4. The molecule has 1 aliphatic rings. The number of fused-ring (bicyclic) bond motifs is 1. The molecule has 3 heterocycles. The van der Waals surface area contributed by atoms with E-state index in [9.17, 15) is 0 Å². The van der Waals surface area contributed by atoms with Crippen LogP contribution in [0.2, 0.25) is 0 Å². The molecule has 0 amide bonds. The van der Waals surface area contributed by atoms with Gasteiger partial charge in [0, 0.05) is 50.1 Å². The fourth-order valence-electron chi connectivity index (χ4n) is 3.10. The Hall–Kier alpha value is -2.36. The van der Waals surface area contributed by atoms with Crippen LogP contribution >= 0.6 is 0 Å². The first-order valence-corrected chi connectivity index (χ1v) is 6.89. The number of imidazole rings is 1. The van der Waals surface area contributed by atoms with Gasteiger partial charge in [-0.1, -0.05) is 24.3 Å². The van der Waals surface area contributed by atoms with Crippen molar-refractivity contribution in [3.05, 3.63) is 60.4 Å². The molecule has 20 heavy (non-hydrogen) atoms. The van der Waals surface area contributed by atoms with E-state index in [2.05, 4.69) is 51.3 Å². The summed E-state index contributed by atoms with van der Waals surface area (Å²) in [5, 5.41) is 4.29. The number of hydrogen-bond acceptors (Lipinski definition) is 2. The lowest BCUT2D eigenvalue weighted by atomic mass is 9.91. The van der Waals surface area contributed by atoms with Crippen molar-refractivity contribution in [3.63, 3.8) is 0 Å². The maximum absolute atomic E-state index is 4.43. The molecule has 0 saturated heterocycles. The summed E-state index contributed by atoms with van der Waals surface area (Å²) in [5.41, 5.74) is 3.87. The van der Waals surface area contributed by atoms with E-state index in [0.717, 1.165) is 13.0 Å². The third kappa shape index (κ3) is 1.76. The lowest BCUT2D eigenvalue weighted by Crippen LogP contribution is -2.02. The van der Waals surface area contributed by atoms with Crippen LogP contribution in [0.1, 0.15) is 17.3 Å². The molecule has 100 valence electrons. The SMILES string of the molecule is Cn1cc(-c2ccccc2[C@@H]2Cc3nccn3C2)cn1. The largest absolute Gasteiger partial charge is 0.334 e. The van der Waals surface area contributed by atoms with Gasteiger partial charge < -0.3 is 4.57 Å². The summed E-state index contributed by atoms with van der Waals surface area (Å²) in [4.78, 5) is 4.43. The van der Waals surface area contributed by atoms with Gasteiger partial charge in [-0.3, -0.25) is 4.68 Å². The zero-order chi connectivity index (χ0) is 13.5. The summed E-state index contributed by atoms with van der Waals surface area (Å²) in [6.07, 6.45) is 8.99. The zero-order valence-electron chi connectivity index (χ0n) is 11.4. The molecular weight excluding hydrogens is 248 g/mol. The van der Waals surface area contributed by atoms with Crippen molar-refractivity contribution in [2.75, 3.05) is 0 Å². The van der Waals surface area contributed by atoms with Gasteiger partial charge in [-0.2, -0.15) is 5.10 Å². The fourth-order valence-corrected chi connectivity index (χ4v) is 3.10. The highest BCUT2D eigenvalue weighted by atomic mass is 15.2. The normalized spacial score (nSPS) is 17.4. The van der Waals surface area contributed by atoms with E-state index in [1.165, 1.54) is 22.5 Å². The van der Waals surface area contributed by atoms with Crippen molar-refractivity contribution in [1.29, 1.82) is 0 Å². The zero-order valence-corrected chi connectivity index (χ0v) is 11.4. The summed E-state index contributed by atoms with van der Waals surface area (Å²) in [7, 11) is 1.96. The standard InChI is InChI=1S/C16H16N4/c1-19-10-13(9-18-19)15-5-3-2-4-14(15)12-8-16-17-6-7-20(16)11-12/h2-7,9-10,12H,8,11H2,1H3/t12-/m1/s1. The van der Waals surface area contributed by atoms with Crippen LogP contribution in [0.15, 0.2) is 49.1 Å². The minimum atomic E-state index is 0.509. The Morgan fingerprint density at radius 3 is 2.95 bits per heavy atom. The Bertz CT molecular complexity index is 733. The Kier molecular flexibility index (Phi) is 2.49. The van der Waals surface area contributed by atoms with Gasteiger partial charge in [0.05, 0.1) is 6.20 Å². The van der Waals surface area contributed by atoms with Crippen molar-refractivity contribution in [2.45, 2.75) is 18.9 Å². The first-order chi connectivity index (χ1) is 9.81. The first-order valence-electron chi connectivity index (χ1n) is 6.89. The van der Waals surface area contributed by atoms with Crippen LogP contribution in [0, 0.1) is 0 Å². The van der Waals surface area contributed by atoms with E-state index in [-0.39, 0.29) is 0 Å². The molecule has 0 aliphatic carbocycles. The molecule has 0 bridgehead atoms. The maximum atomic E-state index is 4.43. The van der Waals surface area contributed by atoms with Crippen molar-refractivity contribution < 1.29 is 0 Å². The molecule has 0 unspecified atom stereocenters. The van der Waals surface area contributed by atoms with Gasteiger partial charge >= 0.3 is 0 Å². The number of rotatable bonds is 2. The van der Waals surface area contributed by atoms with Crippen molar-refractivity contribution in [2.24, 2.45) is 7.05 Å². The monoisotopic (exact) mass is 264 g/mol. The second-order valence-corrected chi connectivity index (χ2v) is 5.39. The molecule has 4 heteroatoms. The summed E-state index contributed by atoms with van der Waals surface area (Å²) < 4.78 is 4.11. The summed E-state index contributed by atoms with van der Waals surface area (Å²) in [6, 6.07) is 8.64. The molecule has 0 spiro atoms. The molecular formula is C16H16N4. The van der Waals surface area contributed by atoms with Crippen molar-refractivity contribution in [1.82, 2.24) is 19.3 Å². The van der Waals surface area contributed by atoms with E-state index >= 15 is 0 Å². The summed E-state index contributed by atoms with van der Waals surface area (Å²) >= 11 is 0. The van der Waals surface area contributed by atoms with E-state index in [1.807, 2.05) is 24.1 Å². The predicted octanol–water partition coefficient (Wildman–Crippen LogP) is 2.62. The highest BCUT2D eigenvalue weighted by Crippen LogP contribution is 2.35. The van der Waals surface area contributed by atoms with Gasteiger partial charge in [-0.15, -0.1) is 0 Å². The second-order valence-electron chi connectivity index (χ2n) is 5.39. The average Bonchev–Trinajstić information content (AvgIpc) is 3.13. The number of benzene rings is 1. The minimum Gasteiger partial charge on any atom is -0.334 e. The molecule has 2 aromatic heterocycles. The van der Waals surface area contributed by atoms with Crippen LogP contribution in [0.5, 0.6) is 0 Å². The number of aryl methyl sites for hydroxylation is 1. The van der Waals surface area contributed by atoms with Crippen LogP contribution in [0.4, 0.5) is 0 Å². The Labute approximate surface area is 117 Å². The summed E-state index contributed by atoms with van der Waals surface area (Å²) in [5.74, 6) is 1.70. The Morgan fingerprint density at radius 2 is 2.15 bits per heavy atom. The van der Waals surface area contributed by atoms with E-state index in [4.69, 9.17) is 0 Å². The second kappa shape index (κ2) is 4.34. The first kappa shape index (κ1) is 11.5. The number of nitrogens with zero attached hydrogens (tertiary/aromatic N) is 4. The highest BCUT2D eigenvalue weighted by Gasteiger charge is 2.25. The molecule has 1 aliphatic heterocycles. The molecule has 3 aromatic rings. The third-order valence-corrected chi connectivity index (χ3v) is 4.06. The molecule has 0 fully saturated rings. The van der Waals surface area contributed by atoms with E-state index in [1.54, 1.807) is 0 Å². The number of hydrogen-bond donors (Lipinski definition) is 0. The average molecular weight is 264 g/mol. The third-order valence-electron chi connectivity index (χ3n) is 4.06. The van der Waals surface area contributed by atoms with Gasteiger partial charge in [0.2, 0.25) is 0 Å². The smallest absolute Gasteiger partial charge is 0.109 e. The van der Waals surface area contributed by atoms with Crippen LogP contribution < -0.4 is 0 Å². The van der Waals surface area contributed by atoms with Gasteiger partial charge in [-0.05, 0) is 11.1 Å². The minimum absolute atomic E-state index is 0.509. The van der Waals surface area contributed by atoms with Gasteiger partial charge in [0.25, 0.3) is 0 Å². The van der Waals surface area contributed by atoms with Gasteiger partial charge in [0.15, 0.2) is 0 Å². The fraction of sp³-hybridized carbons (Fsp3) is 0.250. The quantitative estimate of drug-likeness (QED) is 0.713. The maximum Gasteiger partial charge on any atom is 0.109 e. The Morgan fingerprint density at radius 1 is 1.25 bits per heavy atom. The van der Waals surface area contributed by atoms with Crippen LogP contribution in [0.3, 0.4) is 0 Å². The molecule has 4 nitrogen and oxygen atoms in total. The van der Waals surface area contributed by atoms with Crippen LogP contribution in [-0.4, -0.2) is 19.3 Å². The lowest BCUT2D eigenvalue weighted by molar-refractivity contribution is 0.653. The van der Waals surface area contributed by atoms with E-state index < -0.39 is 0 Å². The van der Waals surface area contributed by atoms with Crippen molar-refractivity contribution >= 4 is 0 Å². The van der Waals surface area contributed by atoms with E-state index in [0.29, 0.717) is 5.92 Å². The molecule has 0 saturated carbocycles. The van der Waals surface area contributed by atoms with Crippen LogP contribution in [-0.2, 0) is 20.0 Å². The molecule has 0 radical (unpaired) electrons. The molecule has 0 N–H and O–H groups in total. The van der Waals surface area contributed by atoms with Crippen LogP contribution in [0.25, 0.3) is 11.1 Å².